The van der Waals surface area contributed by atoms with Gasteiger partial charge in [0.15, 0.2) is 11.5 Å². The number of halogens is 1. The second-order valence-corrected chi connectivity index (χ2v) is 9.12. The molecule has 8 heteroatoms. The van der Waals surface area contributed by atoms with Crippen LogP contribution in [0.2, 0.25) is 0 Å². The molecule has 0 fully saturated rings. The first-order valence-corrected chi connectivity index (χ1v) is 12.2. The van der Waals surface area contributed by atoms with Gasteiger partial charge in [-0.3, -0.25) is 0 Å². The van der Waals surface area contributed by atoms with Crippen LogP contribution >= 0.6 is 11.6 Å². The number of imidazole rings is 1. The van der Waals surface area contributed by atoms with Crippen molar-refractivity contribution in [2.24, 2.45) is 11.1 Å². The lowest BCUT2D eigenvalue weighted by atomic mass is 9.86. The topological polar surface area (TPSA) is 107 Å². The van der Waals surface area contributed by atoms with Crippen LogP contribution in [0.3, 0.4) is 0 Å². The number of fused-ring (bicyclic) bond motifs is 1. The Morgan fingerprint density at radius 1 is 1.20 bits per heavy atom. The van der Waals surface area contributed by atoms with Gasteiger partial charge in [-0.05, 0) is 43.1 Å². The van der Waals surface area contributed by atoms with E-state index >= 15 is 0 Å². The largest absolute Gasteiger partial charge is 0.493 e. The number of esters is 1. The zero-order chi connectivity index (χ0) is 26.6. The summed E-state index contributed by atoms with van der Waals surface area (Å²) in [5, 5.41) is 1.89. The van der Waals surface area contributed by atoms with Gasteiger partial charge in [0.1, 0.15) is 12.3 Å². The number of aromatic amines is 1. The van der Waals surface area contributed by atoms with Crippen molar-refractivity contribution in [3.8, 4) is 11.5 Å². The predicted octanol–water partition coefficient (Wildman–Crippen LogP) is 5.39. The molecule has 0 saturated carbocycles. The first kappa shape index (κ1) is 30.1. The average Bonchev–Trinajstić information content (AvgIpc) is 3.34. The summed E-state index contributed by atoms with van der Waals surface area (Å²) in [5.41, 5.74) is 9.28. The maximum atomic E-state index is 12.8. The van der Waals surface area contributed by atoms with E-state index in [1.807, 2.05) is 24.3 Å². The number of hydrogen-bond donors (Lipinski definition) is 2. The van der Waals surface area contributed by atoms with Crippen molar-refractivity contribution in [1.82, 2.24) is 9.97 Å². The minimum atomic E-state index is -0.812. The van der Waals surface area contributed by atoms with Crippen molar-refractivity contribution in [3.05, 3.63) is 53.6 Å². The van der Waals surface area contributed by atoms with Crippen LogP contribution in [0.15, 0.2) is 36.8 Å². The number of aromatic nitrogens is 2. The predicted molar refractivity (Wildman–Crippen MR) is 142 cm³/mol. The third-order valence-corrected chi connectivity index (χ3v) is 5.34. The number of nitrogens with one attached hydrogen (secondary N) is 1. The van der Waals surface area contributed by atoms with E-state index in [-0.39, 0.29) is 5.41 Å². The second kappa shape index (κ2) is 14.5. The quantitative estimate of drug-likeness (QED) is 0.193. The number of rotatable bonds is 7. The Hall–Kier alpha value is -2.90. The molecule has 0 spiro atoms. The van der Waals surface area contributed by atoms with Crippen molar-refractivity contribution >= 4 is 34.6 Å². The highest BCUT2D eigenvalue weighted by Gasteiger charge is 2.25. The number of nitrogens with zero attached hydrogens (tertiary/aromatic N) is 1. The van der Waals surface area contributed by atoms with E-state index in [0.29, 0.717) is 17.9 Å². The summed E-state index contributed by atoms with van der Waals surface area (Å²) in [7, 11) is 1.62. The standard InChI is InChI=1S/C24H31N3O3.C2H4O.CH3Cl/c1-15-17-8-6-7-9-19(17)22(21(29-5)18(15)10-11-24(2,3)4)30-23(28)20(25)12-16-13-26-14-27-16;1-2-3;1-2/h6-9,13-14,20H,10-12,25H2,1-5H3,(H,26,27);2H,1H3;1H3. The maximum absolute atomic E-state index is 12.8. The van der Waals surface area contributed by atoms with Gasteiger partial charge in [-0.15, -0.1) is 11.6 Å². The molecule has 3 N–H and O–H groups in total. The van der Waals surface area contributed by atoms with Crippen LogP contribution in [0, 0.1) is 12.3 Å². The minimum Gasteiger partial charge on any atom is -0.493 e. The molecule has 1 atom stereocenters. The van der Waals surface area contributed by atoms with Gasteiger partial charge in [0.2, 0.25) is 0 Å². The lowest BCUT2D eigenvalue weighted by molar-refractivity contribution is -0.135. The number of carbonyl (C=O) groups excluding carboxylic acids is 2. The zero-order valence-corrected chi connectivity index (χ0v) is 22.5. The van der Waals surface area contributed by atoms with Crippen LogP contribution in [0.4, 0.5) is 0 Å². The van der Waals surface area contributed by atoms with E-state index in [1.54, 1.807) is 19.6 Å². The number of ether oxygens (including phenoxy) is 2. The molecule has 3 aromatic rings. The number of nitrogens with two attached hydrogens (primary N) is 1. The Kier molecular flexibility index (Phi) is 12.5. The maximum Gasteiger partial charge on any atom is 0.328 e. The van der Waals surface area contributed by atoms with Crippen LogP contribution < -0.4 is 15.2 Å². The van der Waals surface area contributed by atoms with Gasteiger partial charge in [0.05, 0.1) is 13.4 Å². The summed E-state index contributed by atoms with van der Waals surface area (Å²) in [6.45, 7) is 10.2. The van der Waals surface area contributed by atoms with Gasteiger partial charge in [-0.25, -0.2) is 9.78 Å². The monoisotopic (exact) mass is 503 g/mol. The molecule has 0 aliphatic carbocycles. The molecule has 2 aromatic carbocycles. The molecule has 3 rings (SSSR count). The summed E-state index contributed by atoms with van der Waals surface area (Å²) in [4.78, 5) is 28.6. The molecule has 0 aliphatic heterocycles. The molecule has 192 valence electrons. The first-order valence-electron chi connectivity index (χ1n) is 11.4. The van der Waals surface area contributed by atoms with Crippen LogP contribution in [-0.4, -0.2) is 41.8 Å². The van der Waals surface area contributed by atoms with Gasteiger partial charge >= 0.3 is 5.97 Å². The molecule has 0 bridgehead atoms. The van der Waals surface area contributed by atoms with Crippen LogP contribution in [0.1, 0.15) is 50.9 Å². The summed E-state index contributed by atoms with van der Waals surface area (Å²) in [5.74, 6) is 0.545. The Balaban J connectivity index is 0.00000114. The molecule has 35 heavy (non-hydrogen) atoms. The van der Waals surface area contributed by atoms with E-state index in [1.165, 1.54) is 13.3 Å². The lowest BCUT2D eigenvalue weighted by Crippen LogP contribution is -2.36. The molecule has 7 nitrogen and oxygen atoms in total. The number of aryl methyl sites for hydroxylation is 1. The number of benzene rings is 2. The van der Waals surface area contributed by atoms with Crippen molar-refractivity contribution in [2.75, 3.05) is 13.5 Å². The van der Waals surface area contributed by atoms with Crippen LogP contribution in [0.25, 0.3) is 10.8 Å². The first-order chi connectivity index (χ1) is 16.6. The van der Waals surface area contributed by atoms with E-state index in [4.69, 9.17) is 20.0 Å². The molecule has 1 unspecified atom stereocenters. The van der Waals surface area contributed by atoms with Crippen LogP contribution in [-0.2, 0) is 22.4 Å². The summed E-state index contributed by atoms with van der Waals surface area (Å²) in [6.07, 6.45) is 7.57. The van der Waals surface area contributed by atoms with Gasteiger partial charge < -0.3 is 25.0 Å². The van der Waals surface area contributed by atoms with Crippen molar-refractivity contribution in [3.63, 3.8) is 0 Å². The number of alkyl halides is 1. The fourth-order valence-corrected chi connectivity index (χ4v) is 3.61. The van der Waals surface area contributed by atoms with E-state index in [2.05, 4.69) is 49.3 Å². The van der Waals surface area contributed by atoms with Gasteiger partial charge in [-0.2, -0.15) is 0 Å². The Bertz CT molecular complexity index is 1080. The Morgan fingerprint density at radius 2 is 1.80 bits per heavy atom. The van der Waals surface area contributed by atoms with E-state index in [0.717, 1.165) is 46.7 Å². The summed E-state index contributed by atoms with van der Waals surface area (Å²) >= 11 is 4.64. The molecule has 0 amide bonds. The molecule has 0 aliphatic rings. The normalized spacial score (nSPS) is 11.5. The zero-order valence-electron chi connectivity index (χ0n) is 21.8. The number of carbonyl (C=O) groups is 2. The SMILES string of the molecule is CC=O.CCl.COc1c(CCC(C)(C)C)c(C)c2ccccc2c1OC(=O)C(N)Cc1cnc[nH]1. The summed E-state index contributed by atoms with van der Waals surface area (Å²) in [6, 6.07) is 7.10. The fourth-order valence-electron chi connectivity index (χ4n) is 3.61. The van der Waals surface area contributed by atoms with E-state index < -0.39 is 12.0 Å². The lowest BCUT2D eigenvalue weighted by Gasteiger charge is -2.23. The Labute approximate surface area is 213 Å². The number of H-pyrrole nitrogens is 1. The number of methoxy groups -OCH3 is 1. The van der Waals surface area contributed by atoms with Crippen LogP contribution in [0.5, 0.6) is 11.5 Å². The molecule has 0 radical (unpaired) electrons. The minimum absolute atomic E-state index is 0.173. The van der Waals surface area contributed by atoms with Gasteiger partial charge in [0.25, 0.3) is 0 Å². The third-order valence-electron chi connectivity index (χ3n) is 5.34. The van der Waals surface area contributed by atoms with Gasteiger partial charge in [-0.1, -0.05) is 45.0 Å². The average molecular weight is 504 g/mol. The summed E-state index contributed by atoms with van der Waals surface area (Å²) < 4.78 is 11.6. The number of hydrogen-bond acceptors (Lipinski definition) is 6. The highest BCUT2D eigenvalue weighted by molar-refractivity contribution is 6.15. The Morgan fingerprint density at radius 3 is 2.31 bits per heavy atom. The fraction of sp³-hybridized carbons (Fsp3) is 0.444. The molecule has 1 heterocycles. The van der Waals surface area contributed by atoms with Crippen molar-refractivity contribution in [2.45, 2.75) is 59.9 Å². The van der Waals surface area contributed by atoms with E-state index in [9.17, 15) is 4.79 Å². The van der Waals surface area contributed by atoms with Crippen molar-refractivity contribution in [1.29, 1.82) is 0 Å². The highest BCUT2D eigenvalue weighted by atomic mass is 35.5. The number of aldehydes is 1. The molecular weight excluding hydrogens is 466 g/mol. The highest BCUT2D eigenvalue weighted by Crippen LogP contribution is 2.43. The third kappa shape index (κ3) is 8.67. The van der Waals surface area contributed by atoms with Crippen molar-refractivity contribution < 1.29 is 19.1 Å². The smallest absolute Gasteiger partial charge is 0.328 e. The molecule has 0 saturated heterocycles. The molecule has 1 aromatic heterocycles. The second-order valence-electron chi connectivity index (χ2n) is 9.12. The van der Waals surface area contributed by atoms with Gasteiger partial charge in [0, 0.05) is 35.6 Å². The molecular formula is C27H38ClN3O4.